The van der Waals surface area contributed by atoms with E-state index in [1.165, 1.54) is 4.90 Å². The maximum Gasteiger partial charge on any atom is 0.299 e. The third kappa shape index (κ3) is 2.21. The molecule has 3 rings (SSSR count). The molecule has 0 N–H and O–H groups in total. The summed E-state index contributed by atoms with van der Waals surface area (Å²) in [6.07, 6.45) is 1.12. The van der Waals surface area contributed by atoms with Crippen molar-refractivity contribution in [3.05, 3.63) is 23.8 Å². The van der Waals surface area contributed by atoms with Gasteiger partial charge < -0.3 is 9.80 Å². The van der Waals surface area contributed by atoms with Gasteiger partial charge in [-0.2, -0.15) is 0 Å². The fourth-order valence-electron chi connectivity index (χ4n) is 3.18. The standard InChI is InChI=1S/C16H21N3O2/c1-4-11-10-19(8-7-17(11)2)12-5-6-13-14(9-12)18(3)16(21)15(13)20/h5-6,9,11H,4,7-8,10H2,1-3H3. The number of benzene rings is 1. The molecule has 1 atom stereocenters. The van der Waals surface area contributed by atoms with Crippen LogP contribution in [0.5, 0.6) is 0 Å². The molecule has 0 spiro atoms. The van der Waals surface area contributed by atoms with Crippen molar-refractivity contribution >= 4 is 23.1 Å². The zero-order valence-corrected chi connectivity index (χ0v) is 12.8. The van der Waals surface area contributed by atoms with Gasteiger partial charge in [-0.05, 0) is 31.7 Å². The van der Waals surface area contributed by atoms with E-state index >= 15 is 0 Å². The van der Waals surface area contributed by atoms with Crippen molar-refractivity contribution in [1.29, 1.82) is 0 Å². The summed E-state index contributed by atoms with van der Waals surface area (Å²) in [7, 11) is 3.83. The zero-order valence-electron chi connectivity index (χ0n) is 12.8. The van der Waals surface area contributed by atoms with E-state index in [1.54, 1.807) is 13.1 Å². The first-order valence-electron chi connectivity index (χ1n) is 7.44. The first-order valence-corrected chi connectivity index (χ1v) is 7.44. The quantitative estimate of drug-likeness (QED) is 0.771. The molecule has 1 amide bonds. The molecule has 0 aromatic heterocycles. The Morgan fingerprint density at radius 2 is 1.95 bits per heavy atom. The number of ketones is 1. The lowest BCUT2D eigenvalue weighted by molar-refractivity contribution is -0.114. The smallest absolute Gasteiger partial charge is 0.299 e. The summed E-state index contributed by atoms with van der Waals surface area (Å²) in [4.78, 5) is 29.8. The highest BCUT2D eigenvalue weighted by molar-refractivity contribution is 6.52. The normalized spacial score (nSPS) is 22.9. The number of rotatable bonds is 2. The highest BCUT2D eigenvalue weighted by atomic mass is 16.2. The van der Waals surface area contributed by atoms with Crippen molar-refractivity contribution in [2.24, 2.45) is 0 Å². The van der Waals surface area contributed by atoms with Crippen molar-refractivity contribution in [3.63, 3.8) is 0 Å². The third-order valence-electron chi connectivity index (χ3n) is 4.70. The number of piperazine rings is 1. The van der Waals surface area contributed by atoms with Crippen molar-refractivity contribution in [3.8, 4) is 0 Å². The summed E-state index contributed by atoms with van der Waals surface area (Å²) in [6.45, 7) is 5.19. The Bertz CT molecular complexity index is 599. The van der Waals surface area contributed by atoms with Crippen LogP contribution in [-0.2, 0) is 4.79 Å². The molecule has 1 aromatic carbocycles. The second-order valence-electron chi connectivity index (χ2n) is 5.88. The molecule has 1 fully saturated rings. The number of nitrogens with zero attached hydrogens (tertiary/aromatic N) is 3. The number of carbonyl (C=O) groups is 2. The lowest BCUT2D eigenvalue weighted by atomic mass is 10.1. The van der Waals surface area contributed by atoms with E-state index in [9.17, 15) is 9.59 Å². The average Bonchev–Trinajstić information content (AvgIpc) is 2.72. The molecule has 0 radical (unpaired) electrons. The summed E-state index contributed by atoms with van der Waals surface area (Å²) in [5.74, 6) is -0.837. The molecule has 5 heteroatoms. The van der Waals surface area contributed by atoms with Crippen LogP contribution in [0.25, 0.3) is 0 Å². The third-order valence-corrected chi connectivity index (χ3v) is 4.70. The molecule has 2 aliphatic rings. The fraction of sp³-hybridized carbons (Fsp3) is 0.500. The maximum absolute atomic E-state index is 11.8. The molecule has 1 unspecified atom stereocenters. The van der Waals surface area contributed by atoms with Gasteiger partial charge in [0.25, 0.3) is 11.7 Å². The highest BCUT2D eigenvalue weighted by Gasteiger charge is 2.34. The predicted octanol–water partition coefficient (Wildman–Crippen LogP) is 1.38. The summed E-state index contributed by atoms with van der Waals surface area (Å²) < 4.78 is 0. The second kappa shape index (κ2) is 5.15. The van der Waals surface area contributed by atoms with Crippen LogP contribution in [0.2, 0.25) is 0 Å². The number of amides is 1. The SMILES string of the molecule is CCC1CN(c2ccc3c(c2)N(C)C(=O)C3=O)CCN1C. The van der Waals surface area contributed by atoms with Gasteiger partial charge in [0, 0.05) is 38.4 Å². The largest absolute Gasteiger partial charge is 0.369 e. The Kier molecular flexibility index (Phi) is 3.45. The van der Waals surface area contributed by atoms with Crippen molar-refractivity contribution in [2.45, 2.75) is 19.4 Å². The van der Waals surface area contributed by atoms with Gasteiger partial charge in [-0.3, -0.25) is 14.5 Å². The van der Waals surface area contributed by atoms with Crippen LogP contribution in [0.15, 0.2) is 18.2 Å². The van der Waals surface area contributed by atoms with E-state index in [-0.39, 0.29) is 0 Å². The monoisotopic (exact) mass is 287 g/mol. The summed E-state index contributed by atoms with van der Waals surface area (Å²) in [5.41, 5.74) is 2.34. The Morgan fingerprint density at radius 3 is 2.67 bits per heavy atom. The van der Waals surface area contributed by atoms with Crippen LogP contribution in [0.4, 0.5) is 11.4 Å². The van der Waals surface area contributed by atoms with Crippen LogP contribution in [0.1, 0.15) is 23.7 Å². The second-order valence-corrected chi connectivity index (χ2v) is 5.88. The van der Waals surface area contributed by atoms with Gasteiger partial charge in [0.05, 0.1) is 11.3 Å². The van der Waals surface area contributed by atoms with E-state index in [2.05, 4.69) is 23.8 Å². The number of anilines is 2. The minimum Gasteiger partial charge on any atom is -0.369 e. The van der Waals surface area contributed by atoms with E-state index < -0.39 is 11.7 Å². The zero-order chi connectivity index (χ0) is 15.1. The first-order chi connectivity index (χ1) is 10.0. The maximum atomic E-state index is 11.8. The molecular weight excluding hydrogens is 266 g/mol. The van der Waals surface area contributed by atoms with Crippen molar-refractivity contribution < 1.29 is 9.59 Å². The summed E-state index contributed by atoms with van der Waals surface area (Å²) in [5, 5.41) is 0. The van der Waals surface area contributed by atoms with Gasteiger partial charge in [0.1, 0.15) is 0 Å². The van der Waals surface area contributed by atoms with E-state index in [1.807, 2.05) is 12.1 Å². The van der Waals surface area contributed by atoms with Gasteiger partial charge in [-0.1, -0.05) is 6.92 Å². The molecule has 1 aromatic rings. The number of hydrogen-bond acceptors (Lipinski definition) is 4. The minimum atomic E-state index is -0.438. The number of carbonyl (C=O) groups excluding carboxylic acids is 2. The molecule has 112 valence electrons. The van der Waals surface area contributed by atoms with Gasteiger partial charge in [0.15, 0.2) is 0 Å². The molecule has 0 saturated carbocycles. The summed E-state index contributed by atoms with van der Waals surface area (Å²) in [6, 6.07) is 6.26. The topological polar surface area (TPSA) is 43.9 Å². The Morgan fingerprint density at radius 1 is 1.19 bits per heavy atom. The van der Waals surface area contributed by atoms with Crippen molar-refractivity contribution in [2.75, 3.05) is 43.5 Å². The van der Waals surface area contributed by atoms with Crippen LogP contribution >= 0.6 is 0 Å². The predicted molar refractivity (Wildman–Crippen MR) is 83.1 cm³/mol. The number of fused-ring (bicyclic) bond motifs is 1. The number of likely N-dealkylation sites (N-methyl/N-ethyl adjacent to an activating group) is 2. The minimum absolute atomic E-state index is 0.399. The lowest BCUT2D eigenvalue weighted by Crippen LogP contribution is -2.51. The molecule has 0 bridgehead atoms. The molecule has 2 heterocycles. The molecular formula is C16H21N3O2. The molecule has 5 nitrogen and oxygen atoms in total. The van der Waals surface area contributed by atoms with E-state index in [0.29, 0.717) is 11.6 Å². The Hall–Kier alpha value is -1.88. The van der Waals surface area contributed by atoms with E-state index in [0.717, 1.165) is 37.4 Å². The van der Waals surface area contributed by atoms with Crippen LogP contribution in [-0.4, -0.2) is 56.4 Å². The number of hydrogen-bond donors (Lipinski definition) is 0. The van der Waals surface area contributed by atoms with Gasteiger partial charge >= 0.3 is 0 Å². The van der Waals surface area contributed by atoms with Crippen LogP contribution in [0.3, 0.4) is 0 Å². The van der Waals surface area contributed by atoms with Crippen LogP contribution < -0.4 is 9.80 Å². The van der Waals surface area contributed by atoms with Gasteiger partial charge in [-0.15, -0.1) is 0 Å². The van der Waals surface area contributed by atoms with Crippen LogP contribution in [0, 0.1) is 0 Å². The Labute approximate surface area is 125 Å². The van der Waals surface area contributed by atoms with Gasteiger partial charge in [-0.25, -0.2) is 0 Å². The summed E-state index contributed by atoms with van der Waals surface area (Å²) >= 11 is 0. The van der Waals surface area contributed by atoms with Gasteiger partial charge in [0.2, 0.25) is 0 Å². The highest BCUT2D eigenvalue weighted by Crippen LogP contribution is 2.32. The molecule has 2 aliphatic heterocycles. The molecule has 0 aliphatic carbocycles. The van der Waals surface area contributed by atoms with Crippen molar-refractivity contribution in [1.82, 2.24) is 4.90 Å². The van der Waals surface area contributed by atoms with E-state index in [4.69, 9.17) is 0 Å². The molecule has 21 heavy (non-hydrogen) atoms. The fourth-order valence-corrected chi connectivity index (χ4v) is 3.18. The lowest BCUT2D eigenvalue weighted by Gasteiger charge is -2.40. The first kappa shape index (κ1) is 14.1. The number of Topliss-reactive ketones (excluding diaryl/α,β-unsaturated/α-hetero) is 1. The Balaban J connectivity index is 1.89. The average molecular weight is 287 g/mol. The molecule has 1 saturated heterocycles.